The number of hydrogen-bond donors (Lipinski definition) is 1. The molecule has 4 aromatic rings. The molecule has 0 fully saturated rings. The van der Waals surface area contributed by atoms with Crippen LogP contribution in [0.25, 0.3) is 0 Å². The summed E-state index contributed by atoms with van der Waals surface area (Å²) in [5.41, 5.74) is 4.57. The second kappa shape index (κ2) is 10.4. The fourth-order valence-corrected chi connectivity index (χ4v) is 3.38. The number of phenols is 1. The SMILES string of the molecule is Oc1ccc(CCc2ccc(OCc3ccccc3)cc2OCc2ccccc2)cc1. The van der Waals surface area contributed by atoms with Gasteiger partial charge in [-0.3, -0.25) is 0 Å². The smallest absolute Gasteiger partial charge is 0.126 e. The molecule has 0 amide bonds. The molecular formula is C28H26O3. The van der Waals surface area contributed by atoms with Crippen LogP contribution in [0.1, 0.15) is 22.3 Å². The van der Waals surface area contributed by atoms with E-state index in [1.54, 1.807) is 12.1 Å². The van der Waals surface area contributed by atoms with Gasteiger partial charge in [0.05, 0.1) is 0 Å². The fraction of sp³-hybridized carbons (Fsp3) is 0.143. The van der Waals surface area contributed by atoms with Crippen LogP contribution in [0, 0.1) is 0 Å². The maximum absolute atomic E-state index is 9.49. The van der Waals surface area contributed by atoms with E-state index in [0.717, 1.165) is 41.0 Å². The Kier molecular flexibility index (Phi) is 6.86. The van der Waals surface area contributed by atoms with Crippen molar-refractivity contribution >= 4 is 0 Å². The molecule has 1 N–H and O–H groups in total. The summed E-state index contributed by atoms with van der Waals surface area (Å²) in [6, 6.07) is 33.7. The first kappa shape index (κ1) is 20.5. The number of aromatic hydroxyl groups is 1. The van der Waals surface area contributed by atoms with E-state index >= 15 is 0 Å². The number of phenolic OH excluding ortho intramolecular Hbond substituents is 1. The molecule has 0 saturated carbocycles. The summed E-state index contributed by atoms with van der Waals surface area (Å²) < 4.78 is 12.2. The minimum absolute atomic E-state index is 0.288. The van der Waals surface area contributed by atoms with Crippen LogP contribution >= 0.6 is 0 Å². The van der Waals surface area contributed by atoms with Crippen LogP contribution in [0.5, 0.6) is 17.2 Å². The summed E-state index contributed by atoms with van der Waals surface area (Å²) in [5.74, 6) is 1.92. The van der Waals surface area contributed by atoms with Crippen LogP contribution in [0.4, 0.5) is 0 Å². The zero-order valence-corrected chi connectivity index (χ0v) is 17.4. The lowest BCUT2D eigenvalue weighted by Gasteiger charge is -2.14. The van der Waals surface area contributed by atoms with Gasteiger partial charge in [0.2, 0.25) is 0 Å². The summed E-state index contributed by atoms with van der Waals surface area (Å²) in [5, 5.41) is 9.49. The van der Waals surface area contributed by atoms with Gasteiger partial charge in [-0.2, -0.15) is 0 Å². The van der Waals surface area contributed by atoms with Gasteiger partial charge in [-0.15, -0.1) is 0 Å². The highest BCUT2D eigenvalue weighted by Crippen LogP contribution is 2.28. The van der Waals surface area contributed by atoms with E-state index in [4.69, 9.17) is 9.47 Å². The van der Waals surface area contributed by atoms with Crippen molar-refractivity contribution in [1.29, 1.82) is 0 Å². The van der Waals surface area contributed by atoms with E-state index in [9.17, 15) is 5.11 Å². The fourth-order valence-electron chi connectivity index (χ4n) is 3.38. The predicted molar refractivity (Wildman–Crippen MR) is 124 cm³/mol. The van der Waals surface area contributed by atoms with Crippen LogP contribution in [0.3, 0.4) is 0 Å². The molecule has 31 heavy (non-hydrogen) atoms. The zero-order valence-electron chi connectivity index (χ0n) is 17.4. The minimum atomic E-state index is 0.288. The van der Waals surface area contributed by atoms with Gasteiger partial charge >= 0.3 is 0 Å². The second-order valence-corrected chi connectivity index (χ2v) is 7.48. The minimum Gasteiger partial charge on any atom is -0.508 e. The van der Waals surface area contributed by atoms with E-state index in [1.165, 1.54) is 5.56 Å². The Bertz CT molecular complexity index is 1070. The lowest BCUT2D eigenvalue weighted by molar-refractivity contribution is 0.288. The molecule has 0 aromatic heterocycles. The van der Waals surface area contributed by atoms with Crippen molar-refractivity contribution in [3.63, 3.8) is 0 Å². The van der Waals surface area contributed by atoms with Gasteiger partial charge in [-0.05, 0) is 53.3 Å². The summed E-state index contributed by atoms with van der Waals surface area (Å²) in [6.45, 7) is 1.03. The number of aryl methyl sites for hydroxylation is 2. The average Bonchev–Trinajstić information content (AvgIpc) is 2.83. The number of benzene rings is 4. The molecule has 156 valence electrons. The highest BCUT2D eigenvalue weighted by molar-refractivity contribution is 5.42. The maximum atomic E-state index is 9.49. The molecule has 0 heterocycles. The Morgan fingerprint density at radius 3 is 1.81 bits per heavy atom. The number of ether oxygens (including phenoxy) is 2. The molecule has 0 unspecified atom stereocenters. The molecule has 0 aliphatic carbocycles. The quantitative estimate of drug-likeness (QED) is 0.350. The normalized spacial score (nSPS) is 10.6. The molecule has 3 heteroatoms. The standard InChI is InChI=1S/C28H26O3/c29-26-16-12-22(13-17-26)11-14-25-15-18-27(30-20-23-7-3-1-4-8-23)19-28(25)31-21-24-9-5-2-6-10-24/h1-10,12-13,15-19,29H,11,14,20-21H2. The Morgan fingerprint density at radius 1 is 0.548 bits per heavy atom. The molecular weight excluding hydrogens is 384 g/mol. The molecule has 0 radical (unpaired) electrons. The van der Waals surface area contributed by atoms with Crippen molar-refractivity contribution in [1.82, 2.24) is 0 Å². The Morgan fingerprint density at radius 2 is 1.16 bits per heavy atom. The summed E-state index contributed by atoms with van der Waals surface area (Å²) >= 11 is 0. The summed E-state index contributed by atoms with van der Waals surface area (Å²) in [7, 11) is 0. The molecule has 0 aliphatic heterocycles. The van der Waals surface area contributed by atoms with Gasteiger partial charge in [0.1, 0.15) is 30.5 Å². The average molecular weight is 411 g/mol. The van der Waals surface area contributed by atoms with Gasteiger partial charge in [0.15, 0.2) is 0 Å². The zero-order chi connectivity index (χ0) is 21.3. The monoisotopic (exact) mass is 410 g/mol. The highest BCUT2D eigenvalue weighted by Gasteiger charge is 2.08. The molecule has 4 rings (SSSR count). The largest absolute Gasteiger partial charge is 0.508 e. The molecule has 0 saturated heterocycles. The van der Waals surface area contributed by atoms with Crippen molar-refractivity contribution in [2.75, 3.05) is 0 Å². The van der Waals surface area contributed by atoms with Gasteiger partial charge in [-0.25, -0.2) is 0 Å². The number of hydrogen-bond acceptors (Lipinski definition) is 3. The molecule has 3 nitrogen and oxygen atoms in total. The van der Waals surface area contributed by atoms with Gasteiger partial charge in [0.25, 0.3) is 0 Å². The van der Waals surface area contributed by atoms with E-state index < -0.39 is 0 Å². The first-order valence-electron chi connectivity index (χ1n) is 10.5. The second-order valence-electron chi connectivity index (χ2n) is 7.48. The first-order chi connectivity index (χ1) is 15.3. The molecule has 0 atom stereocenters. The topological polar surface area (TPSA) is 38.7 Å². The predicted octanol–water partition coefficient (Wildman–Crippen LogP) is 6.34. The van der Waals surface area contributed by atoms with E-state index in [0.29, 0.717) is 13.2 Å². The van der Waals surface area contributed by atoms with Crippen LogP contribution in [-0.2, 0) is 26.1 Å². The van der Waals surface area contributed by atoms with Crippen molar-refractivity contribution in [2.45, 2.75) is 26.1 Å². The van der Waals surface area contributed by atoms with Crippen molar-refractivity contribution in [2.24, 2.45) is 0 Å². The lowest BCUT2D eigenvalue weighted by Crippen LogP contribution is -2.02. The van der Waals surface area contributed by atoms with Crippen LogP contribution in [-0.4, -0.2) is 5.11 Å². The van der Waals surface area contributed by atoms with Crippen molar-refractivity contribution < 1.29 is 14.6 Å². The Hall–Kier alpha value is -3.72. The van der Waals surface area contributed by atoms with Gasteiger partial charge in [0, 0.05) is 6.07 Å². The summed E-state index contributed by atoms with van der Waals surface area (Å²) in [4.78, 5) is 0. The van der Waals surface area contributed by atoms with Crippen LogP contribution in [0.2, 0.25) is 0 Å². The van der Waals surface area contributed by atoms with E-state index in [-0.39, 0.29) is 5.75 Å². The van der Waals surface area contributed by atoms with Gasteiger partial charge < -0.3 is 14.6 Å². The third-order valence-corrected chi connectivity index (χ3v) is 5.14. The molecule has 0 bridgehead atoms. The third kappa shape index (κ3) is 6.13. The molecule has 0 spiro atoms. The van der Waals surface area contributed by atoms with Crippen molar-refractivity contribution in [3.8, 4) is 17.2 Å². The van der Waals surface area contributed by atoms with Crippen molar-refractivity contribution in [3.05, 3.63) is 125 Å². The van der Waals surface area contributed by atoms with Crippen LogP contribution in [0.15, 0.2) is 103 Å². The lowest BCUT2D eigenvalue weighted by atomic mass is 10.0. The van der Waals surface area contributed by atoms with Gasteiger partial charge in [-0.1, -0.05) is 78.9 Å². The van der Waals surface area contributed by atoms with E-state index in [1.807, 2.05) is 60.7 Å². The number of rotatable bonds is 9. The molecule has 4 aromatic carbocycles. The van der Waals surface area contributed by atoms with E-state index in [2.05, 4.69) is 30.3 Å². The Labute approximate surface area is 183 Å². The maximum Gasteiger partial charge on any atom is 0.126 e. The highest BCUT2D eigenvalue weighted by atomic mass is 16.5. The summed E-state index contributed by atoms with van der Waals surface area (Å²) in [6.07, 6.45) is 1.71. The third-order valence-electron chi connectivity index (χ3n) is 5.14. The first-order valence-corrected chi connectivity index (χ1v) is 10.5. The molecule has 0 aliphatic rings. The van der Waals surface area contributed by atoms with Crippen LogP contribution < -0.4 is 9.47 Å². The Balaban J connectivity index is 1.48.